The molecule has 20 heavy (non-hydrogen) atoms. The molecule has 8 nitrogen and oxygen atoms in total. The Labute approximate surface area is 124 Å². The quantitative estimate of drug-likeness (QED) is 0.831. The number of hydrogen-bond acceptors (Lipinski definition) is 8. The van der Waals surface area contributed by atoms with Gasteiger partial charge in [-0.3, -0.25) is 4.18 Å². The first-order valence-corrected chi connectivity index (χ1v) is 7.52. The lowest BCUT2D eigenvalue weighted by Gasteiger charge is -1.94. The van der Waals surface area contributed by atoms with Crippen molar-refractivity contribution in [2.24, 2.45) is 0 Å². The molecule has 2 heterocycles. The Bertz CT molecular complexity index is 638. The van der Waals surface area contributed by atoms with Crippen LogP contribution in [0.2, 0.25) is 10.7 Å². The van der Waals surface area contributed by atoms with Gasteiger partial charge in [0, 0.05) is 0 Å². The predicted molar refractivity (Wildman–Crippen MR) is 68.6 cm³/mol. The topological polar surface area (TPSA) is 116 Å². The normalized spacial score (nSPS) is 11.0. The van der Waals surface area contributed by atoms with Crippen LogP contribution in [0.3, 0.4) is 0 Å². The van der Waals surface area contributed by atoms with Crippen LogP contribution in [-0.4, -0.2) is 29.7 Å². The second-order valence-electron chi connectivity index (χ2n) is 3.31. The van der Waals surface area contributed by atoms with Gasteiger partial charge in [0.1, 0.15) is 30.5 Å². The number of nitrogens with zero attached hydrogens (tertiary/aromatic N) is 2. The van der Waals surface area contributed by atoms with Gasteiger partial charge < -0.3 is 13.9 Å². The lowest BCUT2D eigenvalue weighted by atomic mass is 10.5. The molecule has 2 aromatic rings. The van der Waals surface area contributed by atoms with E-state index < -0.39 is 10.1 Å². The molecule has 0 unspecified atom stereocenters. The number of rotatable bonds is 4. The molecule has 2 rings (SSSR count). The maximum Gasteiger partial charge on any atom is 0.292 e. The third-order valence-electron chi connectivity index (χ3n) is 1.63. The van der Waals surface area contributed by atoms with Crippen LogP contribution in [0.15, 0.2) is 21.4 Å². The summed E-state index contributed by atoms with van der Waals surface area (Å²) in [6.07, 6.45) is 3.49. The van der Waals surface area contributed by atoms with Crippen molar-refractivity contribution < 1.29 is 26.5 Å². The fourth-order valence-electron chi connectivity index (χ4n) is 0.871. The number of halogens is 2. The molecular weight excluding hydrogens is 335 g/mol. The third kappa shape index (κ3) is 6.87. The monoisotopic (exact) mass is 344 g/mol. The van der Waals surface area contributed by atoms with E-state index in [-0.39, 0.29) is 23.9 Å². The minimum absolute atomic E-state index is 0.0397. The summed E-state index contributed by atoms with van der Waals surface area (Å²) >= 11 is 10.6. The lowest BCUT2D eigenvalue weighted by Crippen LogP contribution is -2.02. The summed E-state index contributed by atoms with van der Waals surface area (Å²) in [6, 6.07) is 0. The number of oxazole rings is 2. The van der Waals surface area contributed by atoms with Crippen molar-refractivity contribution in [3.63, 3.8) is 0 Å². The Morgan fingerprint density at radius 1 is 1.20 bits per heavy atom. The first-order chi connectivity index (χ1) is 9.30. The number of hydrogen-bond donors (Lipinski definition) is 1. The minimum atomic E-state index is -3.44. The summed E-state index contributed by atoms with van der Waals surface area (Å²) in [5.74, 6) is 0. The SMILES string of the molecule is CS(=O)(=O)OCc1coc(Cl)n1.OCc1coc(Cl)n1. The van der Waals surface area contributed by atoms with Crippen molar-refractivity contribution >= 4 is 33.3 Å². The molecule has 0 radical (unpaired) electrons. The number of aromatic nitrogens is 2. The van der Waals surface area contributed by atoms with Gasteiger partial charge in [-0.2, -0.15) is 8.42 Å². The highest BCUT2D eigenvalue weighted by Crippen LogP contribution is 2.09. The van der Waals surface area contributed by atoms with E-state index in [0.717, 1.165) is 6.26 Å². The van der Waals surface area contributed by atoms with Crippen molar-refractivity contribution in [2.75, 3.05) is 6.26 Å². The molecule has 0 amide bonds. The van der Waals surface area contributed by atoms with Gasteiger partial charge in [0.15, 0.2) is 0 Å². The van der Waals surface area contributed by atoms with Crippen molar-refractivity contribution in [3.8, 4) is 0 Å². The summed E-state index contributed by atoms with van der Waals surface area (Å²) < 4.78 is 34.6. The molecule has 0 aliphatic heterocycles. The van der Waals surface area contributed by atoms with E-state index in [0.29, 0.717) is 11.4 Å². The Morgan fingerprint density at radius 2 is 1.70 bits per heavy atom. The van der Waals surface area contributed by atoms with Gasteiger partial charge in [0.05, 0.1) is 12.9 Å². The smallest absolute Gasteiger partial charge is 0.292 e. The molecule has 11 heteroatoms. The molecule has 112 valence electrons. The largest absolute Gasteiger partial charge is 0.436 e. The molecule has 1 N–H and O–H groups in total. The zero-order chi connectivity index (χ0) is 15.2. The van der Waals surface area contributed by atoms with E-state index in [1.807, 2.05) is 0 Å². The highest BCUT2D eigenvalue weighted by atomic mass is 35.5. The first-order valence-electron chi connectivity index (χ1n) is 4.95. The standard InChI is InChI=1S/C5H6ClNO4S.C4H4ClNO2/c1-12(8,9)11-3-4-2-10-5(6)7-4;5-4-6-3(1-7)2-8-4/h2H,3H2,1H3;2,7H,1H2. The molecule has 0 aromatic carbocycles. The number of aliphatic hydroxyl groups excluding tert-OH is 1. The van der Waals surface area contributed by atoms with Gasteiger partial charge >= 0.3 is 0 Å². The predicted octanol–water partition coefficient (Wildman–Crippen LogP) is 1.62. The Balaban J connectivity index is 0.000000217. The molecule has 0 aliphatic carbocycles. The van der Waals surface area contributed by atoms with Gasteiger partial charge in [-0.25, -0.2) is 9.97 Å². The second-order valence-corrected chi connectivity index (χ2v) is 5.60. The Morgan fingerprint density at radius 3 is 2.00 bits per heavy atom. The minimum Gasteiger partial charge on any atom is -0.436 e. The van der Waals surface area contributed by atoms with Crippen molar-refractivity contribution in [2.45, 2.75) is 13.2 Å². The molecule has 0 saturated heterocycles. The van der Waals surface area contributed by atoms with Crippen LogP contribution in [0, 0.1) is 0 Å². The fourth-order valence-corrected chi connectivity index (χ4v) is 1.51. The van der Waals surface area contributed by atoms with Crippen LogP contribution in [-0.2, 0) is 27.5 Å². The summed E-state index contributed by atoms with van der Waals surface area (Å²) in [7, 11) is -3.44. The van der Waals surface area contributed by atoms with Crippen molar-refractivity contribution in [1.82, 2.24) is 9.97 Å². The van der Waals surface area contributed by atoms with Gasteiger partial charge in [0.2, 0.25) is 0 Å². The Hall–Kier alpha value is -1.13. The average molecular weight is 345 g/mol. The maximum atomic E-state index is 10.5. The Kier molecular flexibility index (Phi) is 6.43. The molecular formula is C9H10Cl2N2O6S. The van der Waals surface area contributed by atoms with Gasteiger partial charge in [-0.15, -0.1) is 0 Å². The van der Waals surface area contributed by atoms with Gasteiger partial charge in [0.25, 0.3) is 20.8 Å². The molecule has 0 fully saturated rings. The molecule has 0 saturated carbocycles. The highest BCUT2D eigenvalue weighted by Gasteiger charge is 2.06. The van der Waals surface area contributed by atoms with E-state index in [4.69, 9.17) is 28.3 Å². The van der Waals surface area contributed by atoms with Crippen LogP contribution >= 0.6 is 23.2 Å². The zero-order valence-electron chi connectivity index (χ0n) is 10.1. The number of aliphatic hydroxyl groups is 1. The van der Waals surface area contributed by atoms with Gasteiger partial charge in [-0.05, 0) is 23.2 Å². The van der Waals surface area contributed by atoms with E-state index in [2.05, 4.69) is 23.0 Å². The molecule has 0 atom stereocenters. The van der Waals surface area contributed by atoms with E-state index >= 15 is 0 Å². The highest BCUT2D eigenvalue weighted by molar-refractivity contribution is 7.85. The zero-order valence-corrected chi connectivity index (χ0v) is 12.4. The molecule has 0 aliphatic rings. The molecule has 0 spiro atoms. The third-order valence-corrected chi connectivity index (χ3v) is 2.52. The van der Waals surface area contributed by atoms with Gasteiger partial charge in [-0.1, -0.05) is 0 Å². The van der Waals surface area contributed by atoms with Crippen LogP contribution in [0.5, 0.6) is 0 Å². The summed E-state index contributed by atoms with van der Waals surface area (Å²) in [5.41, 5.74) is 0.792. The first kappa shape index (κ1) is 16.9. The summed E-state index contributed by atoms with van der Waals surface area (Å²) in [4.78, 5) is 7.20. The summed E-state index contributed by atoms with van der Waals surface area (Å²) in [6.45, 7) is -0.286. The maximum absolute atomic E-state index is 10.5. The van der Waals surface area contributed by atoms with Crippen LogP contribution < -0.4 is 0 Å². The van der Waals surface area contributed by atoms with E-state index in [9.17, 15) is 8.42 Å². The van der Waals surface area contributed by atoms with Crippen LogP contribution in [0.4, 0.5) is 0 Å². The second kappa shape index (κ2) is 7.60. The fraction of sp³-hybridized carbons (Fsp3) is 0.333. The van der Waals surface area contributed by atoms with Crippen LogP contribution in [0.1, 0.15) is 11.4 Å². The van der Waals surface area contributed by atoms with E-state index in [1.165, 1.54) is 12.5 Å². The van der Waals surface area contributed by atoms with Crippen molar-refractivity contribution in [3.05, 3.63) is 34.6 Å². The summed E-state index contributed by atoms with van der Waals surface area (Å²) in [5, 5.41) is 8.39. The lowest BCUT2D eigenvalue weighted by molar-refractivity contribution is 0.276. The molecule has 2 aromatic heterocycles. The van der Waals surface area contributed by atoms with Crippen molar-refractivity contribution in [1.29, 1.82) is 0 Å². The molecule has 0 bridgehead atoms. The van der Waals surface area contributed by atoms with Crippen LogP contribution in [0.25, 0.3) is 0 Å². The van der Waals surface area contributed by atoms with E-state index in [1.54, 1.807) is 0 Å². The average Bonchev–Trinajstić information content (AvgIpc) is 2.95.